The van der Waals surface area contributed by atoms with Crippen molar-refractivity contribution in [3.63, 3.8) is 0 Å². The van der Waals surface area contributed by atoms with Gasteiger partial charge in [-0.05, 0) is 13.3 Å². The summed E-state index contributed by atoms with van der Waals surface area (Å²) in [5, 5.41) is 6.09. The van der Waals surface area contributed by atoms with E-state index in [1.54, 1.807) is 6.92 Å². The number of halogens is 1. The smallest absolute Gasteiger partial charge is 0.243 e. The summed E-state index contributed by atoms with van der Waals surface area (Å²) < 4.78 is 26.1. The molecule has 0 saturated heterocycles. The monoisotopic (exact) mass is 265 g/mol. The molecule has 0 aliphatic carbocycles. The SMILES string of the molecule is CCCC(Cl)CNS(=O)(=O)c1cn[nH]c1C. The van der Waals surface area contributed by atoms with Gasteiger partial charge in [-0.3, -0.25) is 5.10 Å². The number of aromatic amines is 1. The highest BCUT2D eigenvalue weighted by Crippen LogP contribution is 2.11. The van der Waals surface area contributed by atoms with Gasteiger partial charge in [-0.25, -0.2) is 13.1 Å². The molecule has 0 radical (unpaired) electrons. The first-order chi connectivity index (χ1) is 7.47. The molecule has 1 rings (SSSR count). The molecule has 0 saturated carbocycles. The fourth-order valence-corrected chi connectivity index (χ4v) is 2.91. The molecule has 0 fully saturated rings. The normalized spacial score (nSPS) is 13.9. The Morgan fingerprint density at radius 3 is 2.81 bits per heavy atom. The van der Waals surface area contributed by atoms with Crippen molar-refractivity contribution in [3.8, 4) is 0 Å². The number of rotatable bonds is 6. The topological polar surface area (TPSA) is 74.8 Å². The van der Waals surface area contributed by atoms with Crippen molar-refractivity contribution >= 4 is 21.6 Å². The van der Waals surface area contributed by atoms with Gasteiger partial charge in [-0.2, -0.15) is 5.10 Å². The van der Waals surface area contributed by atoms with E-state index in [4.69, 9.17) is 11.6 Å². The van der Waals surface area contributed by atoms with Gasteiger partial charge in [0.2, 0.25) is 10.0 Å². The molecule has 2 N–H and O–H groups in total. The van der Waals surface area contributed by atoms with Crippen LogP contribution in [0.2, 0.25) is 0 Å². The summed E-state index contributed by atoms with van der Waals surface area (Å²) in [5.74, 6) is 0. The second-order valence-corrected chi connectivity index (χ2v) is 5.95. The minimum atomic E-state index is -3.49. The van der Waals surface area contributed by atoms with Crippen LogP contribution in [0.3, 0.4) is 0 Å². The molecule has 0 aromatic carbocycles. The molecule has 7 heteroatoms. The van der Waals surface area contributed by atoms with Gasteiger partial charge in [-0.1, -0.05) is 13.3 Å². The van der Waals surface area contributed by atoms with Gasteiger partial charge in [0.1, 0.15) is 4.90 Å². The number of nitrogens with zero attached hydrogens (tertiary/aromatic N) is 1. The van der Waals surface area contributed by atoms with Gasteiger partial charge in [-0.15, -0.1) is 11.6 Å². The number of nitrogens with one attached hydrogen (secondary N) is 2. The molecule has 92 valence electrons. The van der Waals surface area contributed by atoms with Gasteiger partial charge in [0.15, 0.2) is 0 Å². The summed E-state index contributed by atoms with van der Waals surface area (Å²) >= 11 is 5.94. The van der Waals surface area contributed by atoms with Crippen LogP contribution in [0, 0.1) is 6.92 Å². The largest absolute Gasteiger partial charge is 0.281 e. The molecule has 1 heterocycles. The zero-order chi connectivity index (χ0) is 12.2. The van der Waals surface area contributed by atoms with E-state index in [-0.39, 0.29) is 16.8 Å². The van der Waals surface area contributed by atoms with Gasteiger partial charge in [0.05, 0.1) is 11.9 Å². The lowest BCUT2D eigenvalue weighted by Crippen LogP contribution is -2.30. The molecule has 0 aliphatic rings. The lowest BCUT2D eigenvalue weighted by Gasteiger charge is -2.09. The minimum absolute atomic E-state index is 0.174. The summed E-state index contributed by atoms with van der Waals surface area (Å²) in [6, 6.07) is 0. The molecule has 1 aromatic heterocycles. The number of hydrogen-bond acceptors (Lipinski definition) is 3. The minimum Gasteiger partial charge on any atom is -0.281 e. The van der Waals surface area contributed by atoms with E-state index in [1.165, 1.54) is 6.20 Å². The Morgan fingerprint density at radius 2 is 2.31 bits per heavy atom. The van der Waals surface area contributed by atoms with Crippen LogP contribution < -0.4 is 4.72 Å². The Morgan fingerprint density at radius 1 is 1.62 bits per heavy atom. The Balaban J connectivity index is 2.63. The number of sulfonamides is 1. The Hall–Kier alpha value is -0.590. The van der Waals surface area contributed by atoms with Gasteiger partial charge in [0.25, 0.3) is 0 Å². The summed E-state index contributed by atoms with van der Waals surface area (Å²) in [4.78, 5) is 0.174. The van der Waals surface area contributed by atoms with Crippen LogP contribution in [-0.4, -0.2) is 30.5 Å². The second-order valence-electron chi connectivity index (χ2n) is 3.60. The molecule has 0 bridgehead atoms. The molecule has 5 nitrogen and oxygen atoms in total. The van der Waals surface area contributed by atoms with Crippen molar-refractivity contribution in [2.45, 2.75) is 37.0 Å². The van der Waals surface area contributed by atoms with Crippen molar-refractivity contribution in [1.82, 2.24) is 14.9 Å². The number of hydrogen-bond donors (Lipinski definition) is 2. The average Bonchev–Trinajstić information content (AvgIpc) is 2.63. The predicted molar refractivity (Wildman–Crippen MR) is 63.1 cm³/mol. The average molecular weight is 266 g/mol. The van der Waals surface area contributed by atoms with Crippen molar-refractivity contribution < 1.29 is 8.42 Å². The first-order valence-corrected chi connectivity index (χ1v) is 7.03. The van der Waals surface area contributed by atoms with Crippen LogP contribution >= 0.6 is 11.6 Å². The van der Waals surface area contributed by atoms with Crippen LogP contribution in [0.5, 0.6) is 0 Å². The molecular formula is C9H16ClN3O2S. The number of H-pyrrole nitrogens is 1. The fraction of sp³-hybridized carbons (Fsp3) is 0.667. The highest BCUT2D eigenvalue weighted by Gasteiger charge is 2.19. The van der Waals surface area contributed by atoms with E-state index in [1.807, 2.05) is 6.92 Å². The second kappa shape index (κ2) is 5.65. The van der Waals surface area contributed by atoms with E-state index in [0.717, 1.165) is 12.8 Å². The maximum absolute atomic E-state index is 11.8. The summed E-state index contributed by atoms with van der Waals surface area (Å²) in [6.45, 7) is 3.90. The molecule has 0 amide bonds. The zero-order valence-corrected chi connectivity index (χ0v) is 10.9. The molecule has 1 unspecified atom stereocenters. The Kier molecular flexibility index (Phi) is 4.76. The third-order valence-corrected chi connectivity index (χ3v) is 4.08. The molecule has 0 spiro atoms. The number of aromatic nitrogens is 2. The van der Waals surface area contributed by atoms with Crippen molar-refractivity contribution in [2.24, 2.45) is 0 Å². The van der Waals surface area contributed by atoms with Crippen LogP contribution in [0.25, 0.3) is 0 Å². The first kappa shape index (κ1) is 13.5. The molecular weight excluding hydrogens is 250 g/mol. The van der Waals surface area contributed by atoms with E-state index in [2.05, 4.69) is 14.9 Å². The summed E-state index contributed by atoms with van der Waals surface area (Å²) in [6.07, 6.45) is 3.01. The quantitative estimate of drug-likeness (QED) is 0.764. The zero-order valence-electron chi connectivity index (χ0n) is 9.33. The molecule has 1 aromatic rings. The van der Waals surface area contributed by atoms with E-state index < -0.39 is 10.0 Å². The van der Waals surface area contributed by atoms with Gasteiger partial charge < -0.3 is 0 Å². The third kappa shape index (κ3) is 3.47. The molecule has 0 aliphatic heterocycles. The predicted octanol–water partition coefficient (Wildman–Crippen LogP) is 1.40. The highest BCUT2D eigenvalue weighted by molar-refractivity contribution is 7.89. The lowest BCUT2D eigenvalue weighted by molar-refractivity contribution is 0.576. The number of alkyl halides is 1. The van der Waals surface area contributed by atoms with Crippen LogP contribution in [0.15, 0.2) is 11.1 Å². The van der Waals surface area contributed by atoms with Gasteiger partial charge in [0, 0.05) is 11.9 Å². The molecule has 1 atom stereocenters. The molecule has 16 heavy (non-hydrogen) atoms. The lowest BCUT2D eigenvalue weighted by atomic mass is 10.2. The van der Waals surface area contributed by atoms with Gasteiger partial charge >= 0.3 is 0 Å². The number of aryl methyl sites for hydroxylation is 1. The maximum Gasteiger partial charge on any atom is 0.243 e. The first-order valence-electron chi connectivity index (χ1n) is 5.11. The van der Waals surface area contributed by atoms with Crippen LogP contribution in [-0.2, 0) is 10.0 Å². The summed E-state index contributed by atoms with van der Waals surface area (Å²) in [5.41, 5.74) is 0.522. The standard InChI is InChI=1S/C9H16ClN3O2S/c1-3-4-8(10)5-12-16(14,15)9-6-11-13-7(9)2/h6,8,12H,3-5H2,1-2H3,(H,11,13). The highest BCUT2D eigenvalue weighted by atomic mass is 35.5. The van der Waals surface area contributed by atoms with E-state index >= 15 is 0 Å². The van der Waals surface area contributed by atoms with Crippen LogP contribution in [0.1, 0.15) is 25.5 Å². The van der Waals surface area contributed by atoms with E-state index in [0.29, 0.717) is 5.69 Å². The third-order valence-electron chi connectivity index (χ3n) is 2.17. The Bertz CT molecular complexity index is 430. The van der Waals surface area contributed by atoms with Crippen molar-refractivity contribution in [1.29, 1.82) is 0 Å². The van der Waals surface area contributed by atoms with Crippen LogP contribution in [0.4, 0.5) is 0 Å². The fourth-order valence-electron chi connectivity index (χ4n) is 1.30. The van der Waals surface area contributed by atoms with Crippen molar-refractivity contribution in [3.05, 3.63) is 11.9 Å². The maximum atomic E-state index is 11.8. The summed E-state index contributed by atoms with van der Waals surface area (Å²) in [7, 11) is -3.49. The van der Waals surface area contributed by atoms with E-state index in [9.17, 15) is 8.42 Å². The van der Waals surface area contributed by atoms with Crippen molar-refractivity contribution in [2.75, 3.05) is 6.54 Å². The Labute approximate surface area is 101 Å².